The maximum Gasteiger partial charge on any atom is 0.130 e. The number of nitrogens with zero attached hydrogens (tertiary/aromatic N) is 1. The average molecular weight is 274 g/mol. The lowest BCUT2D eigenvalue weighted by molar-refractivity contribution is 0.776. The van der Waals surface area contributed by atoms with Crippen LogP contribution in [0.1, 0.15) is 23.9 Å². The SMILES string of the molecule is S=c1cc(-c2ccccc2)[nH]c(C2CCCS2)n1. The fourth-order valence-electron chi connectivity index (χ4n) is 2.20. The Kier molecular flexibility index (Phi) is 3.48. The van der Waals surface area contributed by atoms with Gasteiger partial charge >= 0.3 is 0 Å². The van der Waals surface area contributed by atoms with Gasteiger partial charge in [-0.1, -0.05) is 42.5 Å². The number of hydrogen-bond acceptors (Lipinski definition) is 3. The number of aromatic nitrogens is 2. The summed E-state index contributed by atoms with van der Waals surface area (Å²) in [6, 6.07) is 12.2. The first-order valence-corrected chi connectivity index (χ1v) is 7.57. The smallest absolute Gasteiger partial charge is 0.130 e. The maximum atomic E-state index is 5.28. The summed E-state index contributed by atoms with van der Waals surface area (Å²) in [6.07, 6.45) is 2.47. The Bertz CT molecular complexity index is 586. The lowest BCUT2D eigenvalue weighted by atomic mass is 10.1. The van der Waals surface area contributed by atoms with E-state index in [0.717, 1.165) is 17.1 Å². The van der Waals surface area contributed by atoms with Gasteiger partial charge in [-0.05, 0) is 30.2 Å². The molecule has 1 aromatic heterocycles. The number of thioether (sulfide) groups is 1. The van der Waals surface area contributed by atoms with Crippen molar-refractivity contribution in [3.8, 4) is 11.3 Å². The van der Waals surface area contributed by atoms with E-state index in [-0.39, 0.29) is 0 Å². The molecule has 2 heterocycles. The highest BCUT2D eigenvalue weighted by Crippen LogP contribution is 2.38. The van der Waals surface area contributed by atoms with Gasteiger partial charge in [-0.2, -0.15) is 11.8 Å². The molecule has 1 unspecified atom stereocenters. The van der Waals surface area contributed by atoms with Crippen molar-refractivity contribution in [1.29, 1.82) is 0 Å². The summed E-state index contributed by atoms with van der Waals surface area (Å²) in [4.78, 5) is 7.92. The molecule has 1 N–H and O–H groups in total. The van der Waals surface area contributed by atoms with E-state index in [4.69, 9.17) is 12.2 Å². The van der Waals surface area contributed by atoms with E-state index in [1.807, 2.05) is 36.0 Å². The molecule has 3 rings (SSSR count). The quantitative estimate of drug-likeness (QED) is 0.824. The van der Waals surface area contributed by atoms with Crippen LogP contribution in [0.5, 0.6) is 0 Å². The molecule has 1 aromatic carbocycles. The van der Waals surface area contributed by atoms with Crippen LogP contribution in [0.3, 0.4) is 0 Å². The van der Waals surface area contributed by atoms with Crippen LogP contribution in [0.25, 0.3) is 11.3 Å². The van der Waals surface area contributed by atoms with E-state index >= 15 is 0 Å². The van der Waals surface area contributed by atoms with E-state index in [0.29, 0.717) is 9.89 Å². The molecule has 0 amide bonds. The molecule has 4 heteroatoms. The summed E-state index contributed by atoms with van der Waals surface area (Å²) in [5.74, 6) is 2.26. The van der Waals surface area contributed by atoms with Gasteiger partial charge in [0.25, 0.3) is 0 Å². The van der Waals surface area contributed by atoms with Gasteiger partial charge in [0, 0.05) is 5.69 Å². The molecule has 1 fully saturated rings. The first kappa shape index (κ1) is 11.9. The lowest BCUT2D eigenvalue weighted by Gasteiger charge is -2.10. The van der Waals surface area contributed by atoms with Crippen LogP contribution in [0.15, 0.2) is 36.4 Å². The Morgan fingerprint density at radius 3 is 2.83 bits per heavy atom. The molecule has 1 aliphatic heterocycles. The van der Waals surface area contributed by atoms with Crippen molar-refractivity contribution in [3.05, 3.63) is 46.9 Å². The summed E-state index contributed by atoms with van der Waals surface area (Å²) < 4.78 is 0.676. The minimum absolute atomic E-state index is 0.482. The minimum Gasteiger partial charge on any atom is -0.342 e. The van der Waals surface area contributed by atoms with Crippen LogP contribution in [0.2, 0.25) is 0 Å². The first-order chi connectivity index (χ1) is 8.83. The second kappa shape index (κ2) is 5.24. The highest BCUT2D eigenvalue weighted by atomic mass is 32.2. The number of aromatic amines is 1. The molecule has 1 atom stereocenters. The van der Waals surface area contributed by atoms with Gasteiger partial charge in [-0.25, -0.2) is 4.98 Å². The standard InChI is InChI=1S/C14H14N2S2/c17-13-9-11(10-5-2-1-3-6-10)15-14(16-13)12-7-4-8-18-12/h1-3,5-6,9,12H,4,7-8H2,(H,15,16,17). The molecule has 2 nitrogen and oxygen atoms in total. The first-order valence-electron chi connectivity index (χ1n) is 6.11. The summed E-state index contributed by atoms with van der Waals surface area (Å²) >= 11 is 7.25. The molecular weight excluding hydrogens is 260 g/mol. The van der Waals surface area contributed by atoms with E-state index in [1.54, 1.807) is 0 Å². The van der Waals surface area contributed by atoms with Gasteiger partial charge in [0.2, 0.25) is 0 Å². The Morgan fingerprint density at radius 2 is 2.11 bits per heavy atom. The van der Waals surface area contributed by atoms with Crippen molar-refractivity contribution < 1.29 is 0 Å². The molecule has 1 aliphatic rings. The van der Waals surface area contributed by atoms with E-state index < -0.39 is 0 Å². The summed E-state index contributed by atoms with van der Waals surface area (Å²) in [6.45, 7) is 0. The zero-order valence-corrected chi connectivity index (χ0v) is 11.6. The summed E-state index contributed by atoms with van der Waals surface area (Å²) in [5, 5.41) is 0.482. The third-order valence-corrected chi connectivity index (χ3v) is 4.68. The van der Waals surface area contributed by atoms with Crippen molar-refractivity contribution in [2.24, 2.45) is 0 Å². The van der Waals surface area contributed by atoms with Gasteiger partial charge in [-0.3, -0.25) is 0 Å². The van der Waals surface area contributed by atoms with Gasteiger partial charge in [-0.15, -0.1) is 0 Å². The highest BCUT2D eigenvalue weighted by Gasteiger charge is 2.20. The van der Waals surface area contributed by atoms with Gasteiger partial charge in [0.1, 0.15) is 10.5 Å². The predicted octanol–water partition coefficient (Wildman–Crippen LogP) is 4.37. The Balaban J connectivity index is 2.03. The number of hydrogen-bond donors (Lipinski definition) is 1. The molecule has 92 valence electrons. The normalized spacial score (nSPS) is 19.0. The number of benzene rings is 1. The van der Waals surface area contributed by atoms with Crippen LogP contribution < -0.4 is 0 Å². The highest BCUT2D eigenvalue weighted by molar-refractivity contribution is 7.99. The molecule has 0 bridgehead atoms. The molecule has 1 saturated heterocycles. The van der Waals surface area contributed by atoms with Crippen molar-refractivity contribution in [2.75, 3.05) is 5.75 Å². The van der Waals surface area contributed by atoms with Crippen molar-refractivity contribution >= 4 is 24.0 Å². The largest absolute Gasteiger partial charge is 0.342 e. The van der Waals surface area contributed by atoms with Gasteiger partial charge in [0.05, 0.1) is 5.25 Å². The summed E-state index contributed by atoms with van der Waals surface area (Å²) in [7, 11) is 0. The van der Waals surface area contributed by atoms with Crippen molar-refractivity contribution in [2.45, 2.75) is 18.1 Å². The zero-order chi connectivity index (χ0) is 12.4. The molecule has 18 heavy (non-hydrogen) atoms. The minimum atomic E-state index is 0.482. The zero-order valence-electron chi connectivity index (χ0n) is 9.93. The van der Waals surface area contributed by atoms with Crippen LogP contribution in [-0.2, 0) is 0 Å². The van der Waals surface area contributed by atoms with Crippen molar-refractivity contribution in [1.82, 2.24) is 9.97 Å². The lowest BCUT2D eigenvalue weighted by Crippen LogP contribution is -1.99. The van der Waals surface area contributed by atoms with Crippen LogP contribution in [0.4, 0.5) is 0 Å². The molecule has 0 aliphatic carbocycles. The number of H-pyrrole nitrogens is 1. The average Bonchev–Trinajstić information content (AvgIpc) is 2.93. The maximum absolute atomic E-state index is 5.28. The third kappa shape index (κ3) is 2.49. The van der Waals surface area contributed by atoms with Crippen LogP contribution in [0, 0.1) is 4.64 Å². The molecular formula is C14H14N2S2. The third-order valence-electron chi connectivity index (χ3n) is 3.08. The van der Waals surface area contributed by atoms with E-state index in [1.165, 1.54) is 18.6 Å². The number of rotatable bonds is 2. The van der Waals surface area contributed by atoms with Crippen LogP contribution in [-0.4, -0.2) is 15.7 Å². The number of nitrogens with one attached hydrogen (secondary N) is 1. The molecule has 2 aromatic rings. The molecule has 0 saturated carbocycles. The topological polar surface area (TPSA) is 28.7 Å². The Morgan fingerprint density at radius 1 is 1.28 bits per heavy atom. The second-order valence-corrected chi connectivity index (χ2v) is 6.11. The molecule has 0 radical (unpaired) electrons. The fraction of sp³-hybridized carbons (Fsp3) is 0.286. The Labute approximate surface area is 116 Å². The predicted molar refractivity (Wildman–Crippen MR) is 79.3 cm³/mol. The monoisotopic (exact) mass is 274 g/mol. The van der Waals surface area contributed by atoms with Gasteiger partial charge < -0.3 is 4.98 Å². The van der Waals surface area contributed by atoms with Crippen LogP contribution >= 0.6 is 24.0 Å². The van der Waals surface area contributed by atoms with Gasteiger partial charge in [0.15, 0.2) is 0 Å². The molecule has 0 spiro atoms. The van der Waals surface area contributed by atoms with E-state index in [2.05, 4.69) is 22.1 Å². The Hall–Kier alpha value is -1.13. The van der Waals surface area contributed by atoms with E-state index in [9.17, 15) is 0 Å². The summed E-state index contributed by atoms with van der Waals surface area (Å²) in [5.41, 5.74) is 2.23. The second-order valence-electron chi connectivity index (χ2n) is 4.39. The van der Waals surface area contributed by atoms with Crippen molar-refractivity contribution in [3.63, 3.8) is 0 Å². The fourth-order valence-corrected chi connectivity index (χ4v) is 3.63.